The van der Waals surface area contributed by atoms with Crippen LogP contribution < -0.4 is 0 Å². The predicted octanol–water partition coefficient (Wildman–Crippen LogP) is 8.12. The number of unbranched alkanes of at least 4 members (excludes halogenated alkanes) is 1. The normalized spacial score (nSPS) is 11.2. The molecule has 0 heteroatoms. The van der Waals surface area contributed by atoms with Gasteiger partial charge >= 0.3 is 0 Å². The fraction of sp³-hybridized carbons (Fsp3) is 0.357. The molecule has 28 heavy (non-hydrogen) atoms. The van der Waals surface area contributed by atoms with Gasteiger partial charge in [0.25, 0.3) is 0 Å². The van der Waals surface area contributed by atoms with E-state index < -0.39 is 0 Å². The van der Waals surface area contributed by atoms with E-state index in [1.807, 2.05) is 0 Å². The maximum absolute atomic E-state index is 2.51. The highest BCUT2D eigenvalue weighted by Gasteiger charge is 2.20. The highest BCUT2D eigenvalue weighted by atomic mass is 14.2. The van der Waals surface area contributed by atoms with Crippen molar-refractivity contribution in [2.45, 2.75) is 59.8 Å². The van der Waals surface area contributed by atoms with E-state index in [0.717, 1.165) is 19.3 Å². The van der Waals surface area contributed by atoms with E-state index in [9.17, 15) is 0 Å². The fourth-order valence-corrected chi connectivity index (χ4v) is 4.24. The van der Waals surface area contributed by atoms with Crippen molar-refractivity contribution < 1.29 is 0 Å². The molecule has 3 aromatic rings. The zero-order valence-corrected chi connectivity index (χ0v) is 18.0. The zero-order valence-electron chi connectivity index (χ0n) is 18.0. The summed E-state index contributed by atoms with van der Waals surface area (Å²) in [7, 11) is 0. The third kappa shape index (κ3) is 4.55. The van der Waals surface area contributed by atoms with Crippen molar-refractivity contribution in [2.75, 3.05) is 0 Å². The van der Waals surface area contributed by atoms with Crippen LogP contribution in [0.15, 0.2) is 66.7 Å². The van der Waals surface area contributed by atoms with E-state index in [-0.39, 0.29) is 0 Å². The molecule has 0 bridgehead atoms. The number of aryl methyl sites for hydroxylation is 1. The minimum Gasteiger partial charge on any atom is -0.0654 e. The van der Waals surface area contributed by atoms with Crippen molar-refractivity contribution in [1.29, 1.82) is 0 Å². The van der Waals surface area contributed by atoms with Gasteiger partial charge in [0.1, 0.15) is 0 Å². The van der Waals surface area contributed by atoms with Crippen molar-refractivity contribution in [2.24, 2.45) is 5.92 Å². The molecule has 0 aromatic heterocycles. The molecule has 0 spiro atoms. The average Bonchev–Trinajstić information content (AvgIpc) is 2.72. The summed E-state index contributed by atoms with van der Waals surface area (Å²) in [5.74, 6) is 0.663. The summed E-state index contributed by atoms with van der Waals surface area (Å²) in [6.07, 6.45) is 5.84. The molecule has 0 heterocycles. The van der Waals surface area contributed by atoms with Crippen LogP contribution in [0.2, 0.25) is 0 Å². The maximum atomic E-state index is 2.51. The third-order valence-corrected chi connectivity index (χ3v) is 5.52. The van der Waals surface area contributed by atoms with Crippen LogP contribution in [-0.2, 0) is 19.3 Å². The summed E-state index contributed by atoms with van der Waals surface area (Å²) < 4.78 is 0. The SMILES string of the molecule is CCCCc1c(CC(C)C)cc(CC)c(-c2ccccc2)c1-c1ccccc1. The molecular weight excluding hydrogens is 336 g/mol. The summed E-state index contributed by atoms with van der Waals surface area (Å²) in [6.45, 7) is 9.26. The lowest BCUT2D eigenvalue weighted by Gasteiger charge is -2.24. The average molecular weight is 371 g/mol. The molecule has 0 nitrogen and oxygen atoms in total. The molecule has 3 rings (SSSR count). The number of rotatable bonds is 8. The Hall–Kier alpha value is -2.34. The number of hydrogen-bond acceptors (Lipinski definition) is 0. The Kier molecular flexibility index (Phi) is 7.09. The third-order valence-electron chi connectivity index (χ3n) is 5.52. The quantitative estimate of drug-likeness (QED) is 0.375. The summed E-state index contributed by atoms with van der Waals surface area (Å²) in [6, 6.07) is 24.5. The van der Waals surface area contributed by atoms with Crippen LogP contribution in [-0.4, -0.2) is 0 Å². The molecule has 0 atom stereocenters. The molecule has 0 saturated heterocycles. The second-order valence-corrected chi connectivity index (χ2v) is 8.21. The first-order valence-corrected chi connectivity index (χ1v) is 10.9. The van der Waals surface area contributed by atoms with E-state index in [0.29, 0.717) is 5.92 Å². The van der Waals surface area contributed by atoms with Gasteiger partial charge in [-0.15, -0.1) is 0 Å². The van der Waals surface area contributed by atoms with Gasteiger partial charge in [-0.2, -0.15) is 0 Å². The first-order valence-electron chi connectivity index (χ1n) is 10.9. The van der Waals surface area contributed by atoms with Crippen molar-refractivity contribution in [3.8, 4) is 22.3 Å². The van der Waals surface area contributed by atoms with E-state index in [1.54, 1.807) is 11.1 Å². The highest BCUT2D eigenvalue weighted by Crippen LogP contribution is 2.41. The smallest absolute Gasteiger partial charge is 0.00678 e. The topological polar surface area (TPSA) is 0 Å². The Morgan fingerprint density at radius 1 is 0.714 bits per heavy atom. The Bertz CT molecular complexity index is 873. The molecule has 0 aliphatic carbocycles. The molecule has 0 amide bonds. The summed E-state index contributed by atoms with van der Waals surface area (Å²) in [5, 5.41) is 0. The van der Waals surface area contributed by atoms with E-state index in [1.165, 1.54) is 40.7 Å². The molecule has 0 saturated carbocycles. The van der Waals surface area contributed by atoms with Gasteiger partial charge in [-0.05, 0) is 70.5 Å². The minimum absolute atomic E-state index is 0.663. The number of benzene rings is 3. The molecular formula is C28H34. The molecule has 3 aromatic carbocycles. The Labute approximate surface area is 171 Å². The zero-order chi connectivity index (χ0) is 19.9. The first-order chi connectivity index (χ1) is 13.7. The molecule has 146 valence electrons. The Balaban J connectivity index is 2.36. The van der Waals surface area contributed by atoms with Gasteiger partial charge < -0.3 is 0 Å². The van der Waals surface area contributed by atoms with Crippen LogP contribution in [0.3, 0.4) is 0 Å². The van der Waals surface area contributed by atoms with E-state index in [4.69, 9.17) is 0 Å². The summed E-state index contributed by atoms with van der Waals surface area (Å²) in [4.78, 5) is 0. The second-order valence-electron chi connectivity index (χ2n) is 8.21. The van der Waals surface area contributed by atoms with Gasteiger partial charge in [0.15, 0.2) is 0 Å². The first kappa shape index (κ1) is 20.4. The highest BCUT2D eigenvalue weighted by molar-refractivity contribution is 5.89. The standard InChI is InChI=1S/C28H34/c1-5-7-18-26-25(19-21(3)4)20-22(6-2)27(23-14-10-8-11-15-23)28(26)24-16-12-9-13-17-24/h8-17,20-21H,5-7,18-19H2,1-4H3. The van der Waals surface area contributed by atoms with E-state index in [2.05, 4.69) is 94.4 Å². The molecule has 0 aliphatic heterocycles. The summed E-state index contributed by atoms with van der Waals surface area (Å²) >= 11 is 0. The largest absolute Gasteiger partial charge is 0.0654 e. The second kappa shape index (κ2) is 9.73. The molecule has 0 radical (unpaired) electrons. The van der Waals surface area contributed by atoms with E-state index >= 15 is 0 Å². The lowest BCUT2D eigenvalue weighted by atomic mass is 9.80. The van der Waals surface area contributed by atoms with Crippen LogP contribution >= 0.6 is 0 Å². The van der Waals surface area contributed by atoms with Crippen LogP contribution in [0.1, 0.15) is 57.2 Å². The molecule has 0 fully saturated rings. The Morgan fingerprint density at radius 3 is 1.79 bits per heavy atom. The van der Waals surface area contributed by atoms with Crippen LogP contribution in [0.4, 0.5) is 0 Å². The predicted molar refractivity (Wildman–Crippen MR) is 124 cm³/mol. The number of hydrogen-bond donors (Lipinski definition) is 0. The van der Waals surface area contributed by atoms with Crippen molar-refractivity contribution in [3.63, 3.8) is 0 Å². The minimum atomic E-state index is 0.663. The lowest BCUT2D eigenvalue weighted by Crippen LogP contribution is -2.06. The van der Waals surface area contributed by atoms with Crippen LogP contribution in [0.25, 0.3) is 22.3 Å². The van der Waals surface area contributed by atoms with Gasteiger partial charge in [-0.3, -0.25) is 0 Å². The maximum Gasteiger partial charge on any atom is -0.00678 e. The molecule has 0 aliphatic rings. The van der Waals surface area contributed by atoms with Gasteiger partial charge in [0.05, 0.1) is 0 Å². The van der Waals surface area contributed by atoms with Gasteiger partial charge in [0, 0.05) is 0 Å². The molecule has 0 unspecified atom stereocenters. The van der Waals surface area contributed by atoms with Crippen LogP contribution in [0.5, 0.6) is 0 Å². The van der Waals surface area contributed by atoms with Crippen molar-refractivity contribution >= 4 is 0 Å². The Morgan fingerprint density at radius 2 is 1.29 bits per heavy atom. The monoisotopic (exact) mass is 370 g/mol. The van der Waals surface area contributed by atoms with Crippen molar-refractivity contribution in [3.05, 3.63) is 83.4 Å². The van der Waals surface area contributed by atoms with Gasteiger partial charge in [-0.1, -0.05) is 101 Å². The lowest BCUT2D eigenvalue weighted by molar-refractivity contribution is 0.639. The van der Waals surface area contributed by atoms with Gasteiger partial charge in [0.2, 0.25) is 0 Å². The van der Waals surface area contributed by atoms with Crippen molar-refractivity contribution in [1.82, 2.24) is 0 Å². The summed E-state index contributed by atoms with van der Waals surface area (Å²) in [5.41, 5.74) is 10.2. The van der Waals surface area contributed by atoms with Gasteiger partial charge in [-0.25, -0.2) is 0 Å². The molecule has 0 N–H and O–H groups in total. The van der Waals surface area contributed by atoms with Crippen LogP contribution in [0, 0.1) is 5.92 Å². The fourth-order valence-electron chi connectivity index (χ4n) is 4.24.